The van der Waals surface area contributed by atoms with Gasteiger partial charge in [-0.15, -0.1) is 0 Å². The van der Waals surface area contributed by atoms with Crippen LogP contribution in [-0.2, 0) is 4.79 Å². The molecule has 1 heterocycles. The van der Waals surface area contributed by atoms with Crippen LogP contribution in [0.3, 0.4) is 0 Å². The molecule has 0 aliphatic heterocycles. The minimum absolute atomic E-state index is 0.0300. The zero-order chi connectivity index (χ0) is 24.0. The lowest BCUT2D eigenvalue weighted by Crippen LogP contribution is -2.30. The Kier molecular flexibility index (Phi) is 7.62. The monoisotopic (exact) mass is 467 g/mol. The van der Waals surface area contributed by atoms with Crippen molar-refractivity contribution in [3.63, 3.8) is 0 Å². The molecule has 172 valence electrons. The van der Waals surface area contributed by atoms with Crippen molar-refractivity contribution in [2.24, 2.45) is 0 Å². The van der Waals surface area contributed by atoms with Gasteiger partial charge in [0, 0.05) is 23.5 Å². The number of rotatable bonds is 7. The van der Waals surface area contributed by atoms with E-state index in [1.807, 2.05) is 63.2 Å². The van der Waals surface area contributed by atoms with E-state index in [1.165, 1.54) is 11.5 Å². The lowest BCUT2D eigenvalue weighted by Gasteiger charge is -2.11. The van der Waals surface area contributed by atoms with Crippen LogP contribution in [0.2, 0.25) is 0 Å². The normalized spacial score (nSPS) is 10.4. The largest absolute Gasteiger partial charge is 0.481 e. The molecule has 0 aliphatic carbocycles. The Morgan fingerprint density at radius 1 is 0.939 bits per heavy atom. The predicted molar refractivity (Wildman–Crippen MR) is 130 cm³/mol. The summed E-state index contributed by atoms with van der Waals surface area (Å²) >= 11 is 1.25. The number of carbonyl (C=O) groups is 3. The first-order valence-electron chi connectivity index (χ1n) is 10.2. The maximum absolute atomic E-state index is 12.3. The van der Waals surface area contributed by atoms with E-state index in [0.29, 0.717) is 17.2 Å². The van der Waals surface area contributed by atoms with Gasteiger partial charge in [-0.3, -0.25) is 10.1 Å². The van der Waals surface area contributed by atoms with E-state index in [0.717, 1.165) is 27.1 Å². The van der Waals surface area contributed by atoms with Crippen molar-refractivity contribution in [2.75, 3.05) is 22.5 Å². The van der Waals surface area contributed by atoms with Crippen molar-refractivity contribution in [1.82, 2.24) is 9.69 Å². The number of urea groups is 2. The van der Waals surface area contributed by atoms with Crippen LogP contribution in [0.15, 0.2) is 42.5 Å². The van der Waals surface area contributed by atoms with Crippen LogP contribution in [0.4, 0.5) is 26.8 Å². The molecule has 0 radical (unpaired) electrons. The summed E-state index contributed by atoms with van der Waals surface area (Å²) in [6.07, 6.45) is -0.155. The molecule has 0 saturated carbocycles. The number of hydrogen-bond acceptors (Lipinski definition) is 5. The summed E-state index contributed by atoms with van der Waals surface area (Å²) in [5.74, 6) is -0.564. The third-order valence-electron chi connectivity index (χ3n) is 4.79. The fourth-order valence-electron chi connectivity index (χ4n) is 3.15. The van der Waals surface area contributed by atoms with Gasteiger partial charge in [0.1, 0.15) is 0 Å². The molecule has 1 aromatic heterocycles. The van der Waals surface area contributed by atoms with E-state index in [4.69, 9.17) is 5.11 Å². The van der Waals surface area contributed by atoms with Crippen LogP contribution in [0.25, 0.3) is 10.4 Å². The molecule has 4 amide bonds. The number of nitrogens with zero attached hydrogens (tertiary/aromatic N) is 1. The summed E-state index contributed by atoms with van der Waals surface area (Å²) in [6, 6.07) is 12.3. The molecule has 2 aromatic carbocycles. The Bertz CT molecular complexity index is 1190. The quantitative estimate of drug-likeness (QED) is 0.334. The maximum Gasteiger partial charge on any atom is 0.323 e. The molecule has 0 atom stereocenters. The van der Waals surface area contributed by atoms with Crippen LogP contribution in [0.5, 0.6) is 0 Å². The Morgan fingerprint density at radius 3 is 2.33 bits per heavy atom. The van der Waals surface area contributed by atoms with Gasteiger partial charge in [0.15, 0.2) is 5.82 Å². The van der Waals surface area contributed by atoms with Gasteiger partial charge in [-0.1, -0.05) is 18.2 Å². The first-order valence-corrected chi connectivity index (χ1v) is 11.0. The number of carbonyl (C=O) groups excluding carboxylic acids is 2. The molecule has 3 rings (SSSR count). The van der Waals surface area contributed by atoms with Gasteiger partial charge in [0.05, 0.1) is 11.3 Å². The molecule has 33 heavy (non-hydrogen) atoms. The van der Waals surface area contributed by atoms with Gasteiger partial charge < -0.3 is 21.1 Å². The lowest BCUT2D eigenvalue weighted by atomic mass is 10.0. The summed E-state index contributed by atoms with van der Waals surface area (Å²) in [5.41, 5.74) is 5.10. The van der Waals surface area contributed by atoms with E-state index in [-0.39, 0.29) is 19.0 Å². The van der Waals surface area contributed by atoms with Crippen molar-refractivity contribution >= 4 is 46.8 Å². The fourth-order valence-corrected chi connectivity index (χ4v) is 4.08. The molecule has 9 nitrogen and oxygen atoms in total. The zero-order valence-electron chi connectivity index (χ0n) is 18.5. The first kappa shape index (κ1) is 23.7. The molecule has 3 aromatic rings. The second-order valence-corrected chi connectivity index (χ2v) is 8.26. The van der Waals surface area contributed by atoms with Gasteiger partial charge in [0.25, 0.3) is 0 Å². The highest BCUT2D eigenvalue weighted by atomic mass is 32.1. The molecule has 0 bridgehead atoms. The van der Waals surface area contributed by atoms with Crippen molar-refractivity contribution in [2.45, 2.75) is 27.2 Å². The minimum Gasteiger partial charge on any atom is -0.481 e. The van der Waals surface area contributed by atoms with Gasteiger partial charge >= 0.3 is 18.0 Å². The van der Waals surface area contributed by atoms with Gasteiger partial charge in [-0.05, 0) is 73.3 Å². The average Bonchev–Trinajstić information content (AvgIpc) is 3.08. The predicted octanol–water partition coefficient (Wildman–Crippen LogP) is 4.98. The summed E-state index contributed by atoms with van der Waals surface area (Å²) in [6.45, 7) is 5.78. The van der Waals surface area contributed by atoms with Crippen molar-refractivity contribution in [3.8, 4) is 10.4 Å². The fraction of sp³-hybridized carbons (Fsp3) is 0.217. The van der Waals surface area contributed by atoms with E-state index in [9.17, 15) is 14.4 Å². The zero-order valence-corrected chi connectivity index (χ0v) is 19.3. The number of amides is 4. The lowest BCUT2D eigenvalue weighted by molar-refractivity contribution is -0.136. The average molecular weight is 468 g/mol. The number of aromatic nitrogens is 1. The van der Waals surface area contributed by atoms with Crippen molar-refractivity contribution in [3.05, 3.63) is 59.2 Å². The highest BCUT2D eigenvalue weighted by molar-refractivity contribution is 7.10. The SMILES string of the molecule is Cc1cccc(NC(=O)Nc2ccc(-c3snc(NC(=O)NCCC(=O)O)c3C)c(C)c2)c1. The van der Waals surface area contributed by atoms with E-state index < -0.39 is 12.0 Å². The molecular weight excluding hydrogens is 442 g/mol. The Morgan fingerprint density at radius 2 is 1.67 bits per heavy atom. The molecule has 0 unspecified atom stereocenters. The number of nitrogens with one attached hydrogen (secondary N) is 4. The maximum atomic E-state index is 12.3. The number of carboxylic acids is 1. The van der Waals surface area contributed by atoms with Crippen molar-refractivity contribution < 1.29 is 19.5 Å². The topological polar surface area (TPSA) is 132 Å². The van der Waals surface area contributed by atoms with Crippen LogP contribution < -0.4 is 21.3 Å². The molecule has 5 N–H and O–H groups in total. The highest BCUT2D eigenvalue weighted by Gasteiger charge is 2.16. The molecular formula is C23H25N5O4S. The molecule has 0 aliphatic rings. The Balaban J connectivity index is 1.65. The summed E-state index contributed by atoms with van der Waals surface area (Å²) in [4.78, 5) is 35.7. The Hall–Kier alpha value is -3.92. The smallest absolute Gasteiger partial charge is 0.323 e. The standard InChI is InChI=1S/C23H25N5O4S/c1-13-5-4-6-16(11-13)25-23(32)26-17-7-8-18(14(2)12-17)20-15(3)21(28-33-20)27-22(31)24-10-9-19(29)30/h4-8,11-12H,9-10H2,1-3H3,(H,29,30)(H2,25,26,32)(H2,24,27,28,31). The molecule has 0 fully saturated rings. The van der Waals surface area contributed by atoms with Crippen LogP contribution in [-0.4, -0.2) is 34.1 Å². The van der Waals surface area contributed by atoms with E-state index in [1.54, 1.807) is 0 Å². The number of carboxylic acid groups (broad SMARTS) is 1. The molecule has 10 heteroatoms. The second kappa shape index (κ2) is 10.6. The van der Waals surface area contributed by atoms with Gasteiger partial charge in [-0.25, -0.2) is 9.59 Å². The van der Waals surface area contributed by atoms with E-state index >= 15 is 0 Å². The highest BCUT2D eigenvalue weighted by Crippen LogP contribution is 2.35. The summed E-state index contributed by atoms with van der Waals surface area (Å²) in [7, 11) is 0. The number of hydrogen-bond donors (Lipinski definition) is 5. The summed E-state index contributed by atoms with van der Waals surface area (Å²) < 4.78 is 4.31. The van der Waals surface area contributed by atoms with Crippen LogP contribution in [0.1, 0.15) is 23.1 Å². The van der Waals surface area contributed by atoms with Gasteiger partial charge in [-0.2, -0.15) is 4.37 Å². The van der Waals surface area contributed by atoms with Crippen LogP contribution >= 0.6 is 11.5 Å². The number of benzene rings is 2. The molecule has 0 spiro atoms. The Labute approximate surface area is 195 Å². The number of aryl methyl sites for hydroxylation is 2. The summed E-state index contributed by atoms with van der Waals surface area (Å²) in [5, 5.41) is 19.4. The third kappa shape index (κ3) is 6.53. The van der Waals surface area contributed by atoms with Crippen molar-refractivity contribution in [1.29, 1.82) is 0 Å². The molecule has 0 saturated heterocycles. The minimum atomic E-state index is -0.983. The number of anilines is 3. The third-order valence-corrected chi connectivity index (χ3v) is 5.77. The number of aliphatic carboxylic acids is 1. The van der Waals surface area contributed by atoms with E-state index in [2.05, 4.69) is 25.6 Å². The first-order chi connectivity index (χ1) is 15.7. The second-order valence-electron chi connectivity index (χ2n) is 7.49. The van der Waals surface area contributed by atoms with Gasteiger partial charge in [0.2, 0.25) is 0 Å². The van der Waals surface area contributed by atoms with Crippen LogP contribution in [0, 0.1) is 20.8 Å².